The minimum Gasteiger partial charge on any atom is -0.489 e. The number of ether oxygens (including phenoxy) is 1. The number of pyridine rings is 1. The predicted octanol–water partition coefficient (Wildman–Crippen LogP) is 2.81. The summed E-state index contributed by atoms with van der Waals surface area (Å²) in [6, 6.07) is 13.8. The van der Waals surface area contributed by atoms with Gasteiger partial charge in [-0.15, -0.1) is 0 Å². The molecule has 0 aliphatic heterocycles. The zero-order valence-electron chi connectivity index (χ0n) is 12.1. The molecule has 4 heteroatoms. The Morgan fingerprint density at radius 2 is 2.19 bits per heavy atom. The molecule has 2 rings (SSSR count). The summed E-state index contributed by atoms with van der Waals surface area (Å²) in [6.07, 6.45) is 3.39. The lowest BCUT2D eigenvalue weighted by atomic mass is 10.0. The topological polar surface area (TPSA) is 71.9 Å². The molecule has 2 N–H and O–H groups in total. The molecule has 0 aliphatic rings. The van der Waals surface area contributed by atoms with Gasteiger partial charge >= 0.3 is 0 Å². The molecule has 0 fully saturated rings. The number of benzene rings is 1. The summed E-state index contributed by atoms with van der Waals surface area (Å²) < 4.78 is 5.76. The quantitative estimate of drug-likeness (QED) is 0.883. The Morgan fingerprint density at radius 1 is 1.33 bits per heavy atom. The van der Waals surface area contributed by atoms with Crippen LogP contribution in [0.1, 0.15) is 30.2 Å². The van der Waals surface area contributed by atoms with Crippen LogP contribution >= 0.6 is 0 Å². The van der Waals surface area contributed by atoms with E-state index in [2.05, 4.69) is 18.0 Å². The van der Waals surface area contributed by atoms with Crippen molar-refractivity contribution in [2.24, 2.45) is 5.73 Å². The van der Waals surface area contributed by atoms with Crippen LogP contribution in [0, 0.1) is 11.3 Å². The first-order valence-corrected chi connectivity index (χ1v) is 7.04. The summed E-state index contributed by atoms with van der Waals surface area (Å²) in [6.45, 7) is 2.41. The maximum atomic E-state index is 9.00. The number of nitriles is 1. The van der Waals surface area contributed by atoms with Crippen molar-refractivity contribution in [1.82, 2.24) is 4.98 Å². The van der Waals surface area contributed by atoms with Gasteiger partial charge in [0.2, 0.25) is 0 Å². The van der Waals surface area contributed by atoms with Gasteiger partial charge in [0.15, 0.2) is 0 Å². The Balaban J connectivity index is 2.03. The van der Waals surface area contributed by atoms with Crippen LogP contribution in [0.5, 0.6) is 5.75 Å². The summed E-state index contributed by atoms with van der Waals surface area (Å²) in [5, 5.41) is 9.00. The molecule has 0 amide bonds. The Labute approximate surface area is 125 Å². The first-order valence-electron chi connectivity index (χ1n) is 7.04. The van der Waals surface area contributed by atoms with Crippen LogP contribution in [0.2, 0.25) is 0 Å². The van der Waals surface area contributed by atoms with Crippen molar-refractivity contribution in [3.63, 3.8) is 0 Å². The van der Waals surface area contributed by atoms with Gasteiger partial charge in [0, 0.05) is 17.8 Å². The van der Waals surface area contributed by atoms with E-state index in [0.717, 1.165) is 29.7 Å². The number of hydrogen-bond acceptors (Lipinski definition) is 4. The predicted molar refractivity (Wildman–Crippen MR) is 81.7 cm³/mol. The molecule has 0 spiro atoms. The molecule has 4 nitrogen and oxygen atoms in total. The smallest absolute Gasteiger partial charge is 0.147 e. The molecule has 0 saturated carbocycles. The van der Waals surface area contributed by atoms with E-state index in [1.165, 1.54) is 0 Å². The maximum Gasteiger partial charge on any atom is 0.147 e. The Kier molecular flexibility index (Phi) is 5.30. The van der Waals surface area contributed by atoms with Crippen LogP contribution in [-0.4, -0.2) is 11.0 Å². The molecule has 0 saturated heterocycles. The minimum atomic E-state index is 0.170. The van der Waals surface area contributed by atoms with E-state index in [0.29, 0.717) is 12.3 Å². The van der Waals surface area contributed by atoms with Gasteiger partial charge in [0.05, 0.1) is 0 Å². The van der Waals surface area contributed by atoms with Crippen molar-refractivity contribution < 1.29 is 4.74 Å². The van der Waals surface area contributed by atoms with E-state index < -0.39 is 0 Å². The fourth-order valence-electron chi connectivity index (χ4n) is 2.03. The van der Waals surface area contributed by atoms with Gasteiger partial charge in [0.1, 0.15) is 24.1 Å². The first kappa shape index (κ1) is 15.0. The molecule has 0 aliphatic carbocycles. The standard InChI is InChI=1S/C17H19N3O/c1-2-15(19)9-13-5-3-7-16(10-13)21-12-14-6-4-8-20-17(14)11-18/h3-8,10,15H,2,9,12,19H2,1H3. The molecule has 1 unspecified atom stereocenters. The average Bonchev–Trinajstić information content (AvgIpc) is 2.53. The van der Waals surface area contributed by atoms with Gasteiger partial charge in [-0.2, -0.15) is 5.26 Å². The summed E-state index contributed by atoms with van der Waals surface area (Å²) in [7, 11) is 0. The van der Waals surface area contributed by atoms with E-state index >= 15 is 0 Å². The van der Waals surface area contributed by atoms with Crippen molar-refractivity contribution in [2.75, 3.05) is 0 Å². The van der Waals surface area contributed by atoms with Gasteiger partial charge in [-0.1, -0.05) is 25.1 Å². The van der Waals surface area contributed by atoms with Crippen LogP contribution in [-0.2, 0) is 13.0 Å². The summed E-state index contributed by atoms with van der Waals surface area (Å²) in [5.74, 6) is 0.781. The molecule has 1 heterocycles. The van der Waals surface area contributed by atoms with Gasteiger partial charge in [-0.3, -0.25) is 0 Å². The number of rotatable bonds is 6. The lowest BCUT2D eigenvalue weighted by Crippen LogP contribution is -2.21. The van der Waals surface area contributed by atoms with E-state index in [-0.39, 0.29) is 6.04 Å². The maximum absolute atomic E-state index is 9.00. The SMILES string of the molecule is CCC(N)Cc1cccc(OCc2cccnc2C#N)c1. The van der Waals surface area contributed by atoms with Crippen molar-refractivity contribution in [2.45, 2.75) is 32.4 Å². The fourth-order valence-corrected chi connectivity index (χ4v) is 2.03. The van der Waals surface area contributed by atoms with Gasteiger partial charge in [-0.05, 0) is 36.6 Å². The van der Waals surface area contributed by atoms with Crippen LogP contribution in [0.25, 0.3) is 0 Å². The second kappa shape index (κ2) is 7.41. The molecule has 1 aromatic carbocycles. The number of aromatic nitrogens is 1. The highest BCUT2D eigenvalue weighted by Gasteiger charge is 2.05. The summed E-state index contributed by atoms with van der Waals surface area (Å²) in [4.78, 5) is 4.02. The van der Waals surface area contributed by atoms with Crippen LogP contribution in [0.3, 0.4) is 0 Å². The van der Waals surface area contributed by atoms with Crippen molar-refractivity contribution in [3.05, 3.63) is 59.4 Å². The molecule has 0 bridgehead atoms. The molecular weight excluding hydrogens is 262 g/mol. The van der Waals surface area contributed by atoms with E-state index in [1.807, 2.05) is 30.3 Å². The normalized spacial score (nSPS) is 11.7. The minimum absolute atomic E-state index is 0.170. The van der Waals surface area contributed by atoms with Crippen LogP contribution < -0.4 is 10.5 Å². The Bertz CT molecular complexity index is 634. The fraction of sp³-hybridized carbons (Fsp3) is 0.294. The van der Waals surface area contributed by atoms with Crippen LogP contribution in [0.15, 0.2) is 42.6 Å². The second-order valence-corrected chi connectivity index (χ2v) is 4.93. The zero-order chi connectivity index (χ0) is 15.1. The van der Waals surface area contributed by atoms with E-state index in [1.54, 1.807) is 12.3 Å². The van der Waals surface area contributed by atoms with Crippen molar-refractivity contribution in [3.8, 4) is 11.8 Å². The molecule has 1 atom stereocenters. The molecule has 2 aromatic rings. The Morgan fingerprint density at radius 3 is 2.95 bits per heavy atom. The molecular formula is C17H19N3O. The van der Waals surface area contributed by atoms with Gasteiger partial charge in [0.25, 0.3) is 0 Å². The third-order valence-electron chi connectivity index (χ3n) is 3.31. The summed E-state index contributed by atoms with van der Waals surface area (Å²) in [5.41, 5.74) is 8.33. The van der Waals surface area contributed by atoms with Crippen molar-refractivity contribution in [1.29, 1.82) is 5.26 Å². The molecule has 21 heavy (non-hydrogen) atoms. The second-order valence-electron chi connectivity index (χ2n) is 4.93. The molecule has 108 valence electrons. The largest absolute Gasteiger partial charge is 0.489 e. The third kappa shape index (κ3) is 4.30. The lowest BCUT2D eigenvalue weighted by molar-refractivity contribution is 0.305. The zero-order valence-corrected chi connectivity index (χ0v) is 12.1. The Hall–Kier alpha value is -2.38. The van der Waals surface area contributed by atoms with E-state index in [9.17, 15) is 0 Å². The van der Waals surface area contributed by atoms with Gasteiger partial charge in [-0.25, -0.2) is 4.98 Å². The summed E-state index contributed by atoms with van der Waals surface area (Å²) >= 11 is 0. The number of hydrogen-bond donors (Lipinski definition) is 1. The third-order valence-corrected chi connectivity index (χ3v) is 3.31. The first-order chi connectivity index (χ1) is 10.2. The van der Waals surface area contributed by atoms with E-state index in [4.69, 9.17) is 15.7 Å². The number of nitrogens with two attached hydrogens (primary N) is 1. The van der Waals surface area contributed by atoms with Gasteiger partial charge < -0.3 is 10.5 Å². The lowest BCUT2D eigenvalue weighted by Gasteiger charge is -2.11. The average molecular weight is 281 g/mol. The molecule has 0 radical (unpaired) electrons. The highest BCUT2D eigenvalue weighted by atomic mass is 16.5. The monoisotopic (exact) mass is 281 g/mol. The molecule has 1 aromatic heterocycles. The highest BCUT2D eigenvalue weighted by molar-refractivity contribution is 5.32. The van der Waals surface area contributed by atoms with Crippen molar-refractivity contribution >= 4 is 0 Å². The number of nitrogens with zero attached hydrogens (tertiary/aromatic N) is 2. The van der Waals surface area contributed by atoms with Crippen LogP contribution in [0.4, 0.5) is 0 Å². The highest BCUT2D eigenvalue weighted by Crippen LogP contribution is 2.17.